The van der Waals surface area contributed by atoms with Gasteiger partial charge in [0.25, 0.3) is 0 Å². The Labute approximate surface area is 160 Å². The minimum absolute atomic E-state index is 0. The molecule has 4 rings (SSSR count). The summed E-state index contributed by atoms with van der Waals surface area (Å²) in [5.74, 6) is 1.32. The Kier molecular flexibility index (Phi) is 5.31. The third-order valence-corrected chi connectivity index (χ3v) is 5.36. The third kappa shape index (κ3) is 4.04. The van der Waals surface area contributed by atoms with Crippen LogP contribution in [0.2, 0.25) is 0 Å². The fourth-order valence-electron chi connectivity index (χ4n) is 4.14. The molecule has 1 amide bonds. The van der Waals surface area contributed by atoms with E-state index >= 15 is 0 Å². The standard InChI is InChI=1S/C20H27N3O2.ClH/c1-20(2,3)19-23-16-11-15(6-7-17(16)25-19)22-18(24)10-12-8-13-4-5-14(9-12)21-13;/h6-7,11-14,21H,4-5,8-10H2,1-3H3,(H,22,24);1H. The van der Waals surface area contributed by atoms with Crippen molar-refractivity contribution in [2.75, 3.05) is 5.32 Å². The SMILES string of the molecule is CC(C)(C)c1nc2cc(NC(=O)CC3CC4CCC(C3)N4)ccc2o1.Cl. The van der Waals surface area contributed by atoms with Crippen LogP contribution in [0.4, 0.5) is 5.69 Å². The van der Waals surface area contributed by atoms with Crippen LogP contribution in [0, 0.1) is 5.92 Å². The van der Waals surface area contributed by atoms with Gasteiger partial charge in [-0.3, -0.25) is 4.79 Å². The van der Waals surface area contributed by atoms with Gasteiger partial charge < -0.3 is 15.1 Å². The number of carbonyl (C=O) groups excluding carboxylic acids is 1. The highest BCUT2D eigenvalue weighted by atomic mass is 35.5. The van der Waals surface area contributed by atoms with Crippen LogP contribution in [0.3, 0.4) is 0 Å². The van der Waals surface area contributed by atoms with Crippen LogP contribution in [0.1, 0.15) is 58.8 Å². The number of amides is 1. The maximum absolute atomic E-state index is 12.4. The van der Waals surface area contributed by atoms with Crippen molar-refractivity contribution in [1.29, 1.82) is 0 Å². The molecule has 2 N–H and O–H groups in total. The first-order valence-electron chi connectivity index (χ1n) is 9.34. The highest BCUT2D eigenvalue weighted by molar-refractivity contribution is 5.92. The maximum Gasteiger partial charge on any atom is 0.224 e. The zero-order valence-electron chi connectivity index (χ0n) is 15.7. The second-order valence-corrected chi connectivity index (χ2v) is 8.68. The summed E-state index contributed by atoms with van der Waals surface area (Å²) in [5, 5.41) is 6.67. The van der Waals surface area contributed by atoms with Gasteiger partial charge >= 0.3 is 0 Å². The minimum Gasteiger partial charge on any atom is -0.440 e. The molecule has 2 aromatic rings. The molecule has 0 aliphatic carbocycles. The van der Waals surface area contributed by atoms with Crippen LogP contribution in [-0.2, 0) is 10.2 Å². The molecule has 2 unspecified atom stereocenters. The number of nitrogens with one attached hydrogen (secondary N) is 2. The summed E-state index contributed by atoms with van der Waals surface area (Å²) in [5.41, 5.74) is 2.22. The second kappa shape index (κ2) is 7.20. The van der Waals surface area contributed by atoms with E-state index in [0.29, 0.717) is 24.4 Å². The van der Waals surface area contributed by atoms with Crippen molar-refractivity contribution in [2.45, 2.75) is 70.4 Å². The Balaban J connectivity index is 0.00000196. The molecule has 0 saturated carbocycles. The van der Waals surface area contributed by atoms with E-state index in [1.807, 2.05) is 18.2 Å². The minimum atomic E-state index is -0.128. The molecule has 1 aromatic heterocycles. The first-order valence-corrected chi connectivity index (χ1v) is 9.34. The van der Waals surface area contributed by atoms with Crippen molar-refractivity contribution in [3.8, 4) is 0 Å². The van der Waals surface area contributed by atoms with E-state index in [-0.39, 0.29) is 23.7 Å². The topological polar surface area (TPSA) is 67.2 Å². The van der Waals surface area contributed by atoms with Crippen LogP contribution in [-0.4, -0.2) is 23.0 Å². The Morgan fingerprint density at radius 2 is 1.96 bits per heavy atom. The average molecular weight is 378 g/mol. The van der Waals surface area contributed by atoms with Crippen molar-refractivity contribution >= 4 is 35.1 Å². The molecule has 26 heavy (non-hydrogen) atoms. The number of oxazole rings is 1. The van der Waals surface area contributed by atoms with Crippen LogP contribution in [0.25, 0.3) is 11.1 Å². The smallest absolute Gasteiger partial charge is 0.224 e. The lowest BCUT2D eigenvalue weighted by Gasteiger charge is -2.28. The largest absolute Gasteiger partial charge is 0.440 e. The van der Waals surface area contributed by atoms with E-state index in [1.165, 1.54) is 12.8 Å². The lowest BCUT2D eigenvalue weighted by molar-refractivity contribution is -0.117. The first kappa shape index (κ1) is 19.2. The molecule has 3 heterocycles. The van der Waals surface area contributed by atoms with Gasteiger partial charge in [-0.2, -0.15) is 0 Å². The van der Waals surface area contributed by atoms with Gasteiger partial charge in [0, 0.05) is 29.6 Å². The summed E-state index contributed by atoms with van der Waals surface area (Å²) in [6.45, 7) is 6.23. The van der Waals surface area contributed by atoms with Gasteiger partial charge in [-0.05, 0) is 49.8 Å². The third-order valence-electron chi connectivity index (χ3n) is 5.36. The van der Waals surface area contributed by atoms with Gasteiger partial charge in [0.2, 0.25) is 11.8 Å². The molecule has 2 saturated heterocycles. The molecule has 2 bridgehead atoms. The molecule has 6 heteroatoms. The number of anilines is 1. The molecule has 2 aliphatic rings. The first-order chi connectivity index (χ1) is 11.9. The van der Waals surface area contributed by atoms with E-state index < -0.39 is 0 Å². The number of hydrogen-bond acceptors (Lipinski definition) is 4. The molecule has 0 radical (unpaired) electrons. The lowest BCUT2D eigenvalue weighted by Crippen LogP contribution is -2.39. The molecule has 2 aliphatic heterocycles. The Morgan fingerprint density at radius 3 is 2.62 bits per heavy atom. The monoisotopic (exact) mass is 377 g/mol. The van der Waals surface area contributed by atoms with Crippen molar-refractivity contribution in [1.82, 2.24) is 10.3 Å². The van der Waals surface area contributed by atoms with E-state index in [9.17, 15) is 4.79 Å². The Bertz CT molecular complexity index is 784. The van der Waals surface area contributed by atoms with Crippen LogP contribution >= 0.6 is 12.4 Å². The number of fused-ring (bicyclic) bond motifs is 3. The molecule has 2 fully saturated rings. The predicted molar refractivity (Wildman–Crippen MR) is 106 cm³/mol. The van der Waals surface area contributed by atoms with Crippen molar-refractivity contribution < 1.29 is 9.21 Å². The van der Waals surface area contributed by atoms with Crippen LogP contribution in [0.15, 0.2) is 22.6 Å². The van der Waals surface area contributed by atoms with Gasteiger partial charge in [-0.25, -0.2) is 4.98 Å². The number of nitrogens with zero attached hydrogens (tertiary/aromatic N) is 1. The molecule has 2 atom stereocenters. The molecular formula is C20H28ClN3O2. The number of benzene rings is 1. The zero-order chi connectivity index (χ0) is 17.6. The van der Waals surface area contributed by atoms with Crippen molar-refractivity contribution in [3.63, 3.8) is 0 Å². The molecule has 1 aromatic carbocycles. The number of rotatable bonds is 3. The second-order valence-electron chi connectivity index (χ2n) is 8.68. The molecular weight excluding hydrogens is 350 g/mol. The molecule has 0 spiro atoms. The fourth-order valence-corrected chi connectivity index (χ4v) is 4.14. The summed E-state index contributed by atoms with van der Waals surface area (Å²) in [6, 6.07) is 6.93. The fraction of sp³-hybridized carbons (Fsp3) is 0.600. The Morgan fingerprint density at radius 1 is 1.27 bits per heavy atom. The van der Waals surface area contributed by atoms with Gasteiger partial charge in [0.15, 0.2) is 5.58 Å². The number of hydrogen-bond donors (Lipinski definition) is 2. The van der Waals surface area contributed by atoms with Crippen LogP contribution < -0.4 is 10.6 Å². The lowest BCUT2D eigenvalue weighted by atomic mass is 9.89. The normalized spacial score (nSPS) is 25.1. The van der Waals surface area contributed by atoms with Gasteiger partial charge in [-0.1, -0.05) is 20.8 Å². The van der Waals surface area contributed by atoms with E-state index in [1.54, 1.807) is 0 Å². The molecule has 142 valence electrons. The number of aromatic nitrogens is 1. The van der Waals surface area contributed by atoms with Crippen LogP contribution in [0.5, 0.6) is 0 Å². The van der Waals surface area contributed by atoms with E-state index in [0.717, 1.165) is 35.5 Å². The quantitative estimate of drug-likeness (QED) is 0.831. The zero-order valence-corrected chi connectivity index (χ0v) is 16.5. The van der Waals surface area contributed by atoms with Gasteiger partial charge in [0.05, 0.1) is 0 Å². The highest BCUT2D eigenvalue weighted by Gasteiger charge is 2.34. The highest BCUT2D eigenvalue weighted by Crippen LogP contribution is 2.33. The summed E-state index contributed by atoms with van der Waals surface area (Å²) in [4.78, 5) is 17.0. The average Bonchev–Trinajstić information content (AvgIpc) is 3.09. The van der Waals surface area contributed by atoms with E-state index in [4.69, 9.17) is 4.42 Å². The predicted octanol–water partition coefficient (Wildman–Crippen LogP) is 4.41. The Hall–Kier alpha value is -1.59. The summed E-state index contributed by atoms with van der Waals surface area (Å²) in [7, 11) is 0. The van der Waals surface area contributed by atoms with Gasteiger partial charge in [0.1, 0.15) is 5.52 Å². The maximum atomic E-state index is 12.4. The van der Waals surface area contributed by atoms with Crippen molar-refractivity contribution in [3.05, 3.63) is 24.1 Å². The number of halogens is 1. The summed E-state index contributed by atoms with van der Waals surface area (Å²) in [6.07, 6.45) is 5.39. The summed E-state index contributed by atoms with van der Waals surface area (Å²) >= 11 is 0. The van der Waals surface area contributed by atoms with E-state index in [2.05, 4.69) is 36.4 Å². The molecule has 5 nitrogen and oxygen atoms in total. The van der Waals surface area contributed by atoms with Gasteiger partial charge in [-0.15, -0.1) is 12.4 Å². The van der Waals surface area contributed by atoms with Crippen molar-refractivity contribution in [2.24, 2.45) is 5.92 Å². The number of piperidine rings is 1. The summed E-state index contributed by atoms with van der Waals surface area (Å²) < 4.78 is 5.81. The number of carbonyl (C=O) groups is 1.